The largest absolute Gasteiger partial charge is 0.493 e. The Kier molecular flexibility index (Phi) is 6.54. The first-order valence-electron chi connectivity index (χ1n) is 8.72. The third-order valence-electron chi connectivity index (χ3n) is 3.99. The SMILES string of the molecule is COc1cc(/C=C2\SC(N)=NC2=O)ccc1OCC(=O)Nc1ccccc1C(F)(F)F. The van der Waals surface area contributed by atoms with Crippen LogP contribution < -0.4 is 20.5 Å². The molecule has 0 saturated carbocycles. The van der Waals surface area contributed by atoms with E-state index < -0.39 is 30.2 Å². The number of hydrogen-bond acceptors (Lipinski definition) is 6. The molecule has 1 aliphatic rings. The minimum absolute atomic E-state index is 0.154. The zero-order chi connectivity index (χ0) is 22.6. The van der Waals surface area contributed by atoms with Crippen LogP contribution in [0, 0.1) is 0 Å². The highest BCUT2D eigenvalue weighted by Gasteiger charge is 2.33. The average molecular weight is 451 g/mol. The highest BCUT2D eigenvalue weighted by atomic mass is 32.2. The van der Waals surface area contributed by atoms with E-state index in [0.29, 0.717) is 10.5 Å². The first kappa shape index (κ1) is 22.2. The summed E-state index contributed by atoms with van der Waals surface area (Å²) in [5.41, 5.74) is 4.80. The van der Waals surface area contributed by atoms with Crippen LogP contribution in [0.4, 0.5) is 18.9 Å². The van der Waals surface area contributed by atoms with Gasteiger partial charge in [-0.25, -0.2) is 0 Å². The number of ether oxygens (including phenoxy) is 2. The summed E-state index contributed by atoms with van der Waals surface area (Å²) in [7, 11) is 1.38. The molecule has 3 rings (SSSR count). The maximum Gasteiger partial charge on any atom is 0.418 e. The van der Waals surface area contributed by atoms with Gasteiger partial charge >= 0.3 is 6.18 Å². The Labute approximate surface area is 179 Å². The maximum atomic E-state index is 13.0. The first-order valence-corrected chi connectivity index (χ1v) is 9.54. The molecule has 162 valence electrons. The number of aliphatic imine (C=N–C) groups is 1. The minimum atomic E-state index is -4.60. The number of methoxy groups -OCH3 is 1. The molecule has 7 nitrogen and oxygen atoms in total. The van der Waals surface area contributed by atoms with Crippen molar-refractivity contribution in [3.63, 3.8) is 0 Å². The molecule has 3 N–H and O–H groups in total. The number of nitrogens with one attached hydrogen (secondary N) is 1. The molecule has 2 amide bonds. The number of amidine groups is 1. The molecule has 0 atom stereocenters. The number of thioether (sulfide) groups is 1. The minimum Gasteiger partial charge on any atom is -0.493 e. The van der Waals surface area contributed by atoms with Gasteiger partial charge in [0.2, 0.25) is 0 Å². The number of anilines is 1. The second-order valence-corrected chi connectivity index (χ2v) is 7.22. The second-order valence-electron chi connectivity index (χ2n) is 6.16. The Bertz CT molecular complexity index is 1080. The van der Waals surface area contributed by atoms with Crippen LogP contribution in [0.15, 0.2) is 52.4 Å². The lowest BCUT2D eigenvalue weighted by atomic mass is 10.1. The van der Waals surface area contributed by atoms with Crippen LogP contribution in [0.1, 0.15) is 11.1 Å². The zero-order valence-corrected chi connectivity index (χ0v) is 16.8. The van der Waals surface area contributed by atoms with Crippen molar-refractivity contribution >= 4 is 40.5 Å². The third kappa shape index (κ3) is 5.57. The van der Waals surface area contributed by atoms with Gasteiger partial charge in [0.05, 0.1) is 23.3 Å². The molecule has 0 bridgehead atoms. The van der Waals surface area contributed by atoms with Gasteiger partial charge in [-0.05, 0) is 47.7 Å². The van der Waals surface area contributed by atoms with Crippen LogP contribution in [-0.2, 0) is 15.8 Å². The number of amides is 2. The number of hydrogen-bond donors (Lipinski definition) is 2. The number of nitrogens with zero attached hydrogens (tertiary/aromatic N) is 1. The number of halogens is 3. The van der Waals surface area contributed by atoms with Crippen molar-refractivity contribution in [1.82, 2.24) is 0 Å². The average Bonchev–Trinajstić information content (AvgIpc) is 3.03. The van der Waals surface area contributed by atoms with Gasteiger partial charge in [0, 0.05) is 0 Å². The molecule has 0 fully saturated rings. The molecule has 0 radical (unpaired) electrons. The molecule has 0 saturated heterocycles. The quantitative estimate of drug-likeness (QED) is 0.650. The van der Waals surface area contributed by atoms with E-state index in [1.54, 1.807) is 18.2 Å². The maximum absolute atomic E-state index is 13.0. The predicted molar refractivity (Wildman–Crippen MR) is 111 cm³/mol. The van der Waals surface area contributed by atoms with Gasteiger partial charge in [-0.2, -0.15) is 18.2 Å². The van der Waals surface area contributed by atoms with E-state index >= 15 is 0 Å². The van der Waals surface area contributed by atoms with Crippen molar-refractivity contribution in [1.29, 1.82) is 0 Å². The van der Waals surface area contributed by atoms with Crippen LogP contribution in [-0.4, -0.2) is 30.7 Å². The van der Waals surface area contributed by atoms with E-state index in [0.717, 1.165) is 23.9 Å². The van der Waals surface area contributed by atoms with Crippen LogP contribution in [0.2, 0.25) is 0 Å². The summed E-state index contributed by atoms with van der Waals surface area (Å²) in [6, 6.07) is 9.34. The number of rotatable bonds is 6. The van der Waals surface area contributed by atoms with E-state index in [4.69, 9.17) is 15.2 Å². The lowest BCUT2D eigenvalue weighted by Gasteiger charge is -2.14. The summed E-state index contributed by atoms with van der Waals surface area (Å²) in [6.45, 7) is -0.540. The number of carbonyl (C=O) groups is 2. The molecule has 1 heterocycles. The fourth-order valence-corrected chi connectivity index (χ4v) is 3.32. The number of alkyl halides is 3. The Hall–Kier alpha value is -3.47. The second kappa shape index (κ2) is 9.13. The number of carbonyl (C=O) groups excluding carboxylic acids is 2. The van der Waals surface area contributed by atoms with Gasteiger partial charge in [0.25, 0.3) is 11.8 Å². The van der Waals surface area contributed by atoms with E-state index in [2.05, 4.69) is 10.3 Å². The van der Waals surface area contributed by atoms with Crippen LogP contribution in [0.3, 0.4) is 0 Å². The summed E-state index contributed by atoms with van der Waals surface area (Å²) in [5.74, 6) is -0.754. The smallest absolute Gasteiger partial charge is 0.418 e. The van der Waals surface area contributed by atoms with Gasteiger partial charge in [0.1, 0.15) is 0 Å². The van der Waals surface area contributed by atoms with Crippen LogP contribution in [0.5, 0.6) is 11.5 Å². The zero-order valence-electron chi connectivity index (χ0n) is 16.0. The molecular weight excluding hydrogens is 435 g/mol. The summed E-state index contributed by atoms with van der Waals surface area (Å²) in [5, 5.41) is 2.35. The summed E-state index contributed by atoms with van der Waals surface area (Å²) < 4.78 is 49.7. The molecule has 0 aromatic heterocycles. The first-order chi connectivity index (χ1) is 14.7. The topological polar surface area (TPSA) is 103 Å². The van der Waals surface area contributed by atoms with Crippen molar-refractivity contribution < 1.29 is 32.2 Å². The number of benzene rings is 2. The van der Waals surface area contributed by atoms with Crippen molar-refractivity contribution in [2.75, 3.05) is 19.0 Å². The van der Waals surface area contributed by atoms with Gasteiger partial charge < -0.3 is 20.5 Å². The van der Waals surface area contributed by atoms with Crippen molar-refractivity contribution in [2.45, 2.75) is 6.18 Å². The lowest BCUT2D eigenvalue weighted by Crippen LogP contribution is -2.22. The lowest BCUT2D eigenvalue weighted by molar-refractivity contribution is -0.137. The number of nitrogens with two attached hydrogens (primary N) is 1. The summed E-state index contributed by atoms with van der Waals surface area (Å²) >= 11 is 1.04. The van der Waals surface area contributed by atoms with E-state index in [1.807, 2.05) is 0 Å². The van der Waals surface area contributed by atoms with Crippen molar-refractivity contribution in [2.24, 2.45) is 10.7 Å². The van der Waals surface area contributed by atoms with E-state index in [1.165, 1.54) is 25.3 Å². The fourth-order valence-electron chi connectivity index (χ4n) is 2.64. The molecule has 0 unspecified atom stereocenters. The van der Waals surface area contributed by atoms with Gasteiger partial charge in [-0.1, -0.05) is 18.2 Å². The number of para-hydroxylation sites is 1. The Morgan fingerprint density at radius 2 is 1.97 bits per heavy atom. The molecule has 2 aromatic rings. The molecular formula is C20H16F3N3O4S. The molecule has 2 aromatic carbocycles. The Balaban J connectivity index is 1.68. The highest BCUT2D eigenvalue weighted by molar-refractivity contribution is 8.18. The van der Waals surface area contributed by atoms with Gasteiger partial charge in [0.15, 0.2) is 23.3 Å². The third-order valence-corrected chi connectivity index (χ3v) is 4.80. The van der Waals surface area contributed by atoms with Crippen LogP contribution in [0.25, 0.3) is 6.08 Å². The Morgan fingerprint density at radius 3 is 2.61 bits per heavy atom. The molecule has 0 spiro atoms. The van der Waals surface area contributed by atoms with Crippen molar-refractivity contribution in [3.8, 4) is 11.5 Å². The summed E-state index contributed by atoms with van der Waals surface area (Å²) in [6.07, 6.45) is -3.03. The highest BCUT2D eigenvalue weighted by Crippen LogP contribution is 2.35. The van der Waals surface area contributed by atoms with Crippen molar-refractivity contribution in [3.05, 3.63) is 58.5 Å². The van der Waals surface area contributed by atoms with Gasteiger partial charge in [-0.15, -0.1) is 0 Å². The molecule has 0 aliphatic carbocycles. The summed E-state index contributed by atoms with van der Waals surface area (Å²) in [4.78, 5) is 27.8. The van der Waals surface area contributed by atoms with Crippen LogP contribution >= 0.6 is 11.8 Å². The molecule has 11 heteroatoms. The molecule has 1 aliphatic heterocycles. The predicted octanol–water partition coefficient (Wildman–Crippen LogP) is 3.66. The van der Waals surface area contributed by atoms with E-state index in [-0.39, 0.29) is 22.4 Å². The molecule has 31 heavy (non-hydrogen) atoms. The Morgan fingerprint density at radius 1 is 1.23 bits per heavy atom. The standard InChI is InChI=1S/C20H16F3N3O4S/c1-29-15-8-11(9-16-18(28)26-19(24)31-16)6-7-14(15)30-10-17(27)25-13-5-3-2-4-12(13)20(21,22)23/h2-9H,10H2,1H3,(H,25,27)(H2,24,26,28)/b16-9-. The normalized spacial score (nSPS) is 15.0. The van der Waals surface area contributed by atoms with E-state index in [9.17, 15) is 22.8 Å². The fraction of sp³-hybridized carbons (Fsp3) is 0.150. The van der Waals surface area contributed by atoms with Gasteiger partial charge in [-0.3, -0.25) is 9.59 Å². The monoisotopic (exact) mass is 451 g/mol.